The number of fused-ring (bicyclic) bond motifs is 1. The van der Waals surface area contributed by atoms with Crippen LogP contribution in [0.3, 0.4) is 0 Å². The predicted molar refractivity (Wildman–Crippen MR) is 117 cm³/mol. The van der Waals surface area contributed by atoms with Crippen LogP contribution in [0.15, 0.2) is 18.2 Å². The Morgan fingerprint density at radius 3 is 2.68 bits per heavy atom. The Hall–Kier alpha value is -3.56. The standard InChI is InChI=1S/C21H26N6O4/c1-30-12-6-7-15(31-2)14(10-12)23-20(29)13-11-16(28)24-19-17(13)18(22)25-21(26-19)27-8-4-3-5-9-27/h6-7,10,13H,3-5,8-9,11H2,1-2H3,(H,23,29)(H3,22,24,25,26,28)/t13-/m0/s1. The lowest BCUT2D eigenvalue weighted by atomic mass is 9.91. The van der Waals surface area contributed by atoms with E-state index in [1.807, 2.05) is 0 Å². The molecule has 1 fully saturated rings. The molecule has 1 aromatic carbocycles. The van der Waals surface area contributed by atoms with Crippen molar-refractivity contribution in [3.63, 3.8) is 0 Å². The monoisotopic (exact) mass is 426 g/mol. The van der Waals surface area contributed by atoms with Crippen LogP contribution in [0.4, 0.5) is 23.3 Å². The van der Waals surface area contributed by atoms with E-state index in [9.17, 15) is 9.59 Å². The average molecular weight is 426 g/mol. The number of nitrogen functional groups attached to an aromatic ring is 1. The summed E-state index contributed by atoms with van der Waals surface area (Å²) in [5.74, 6) is 0.482. The first-order valence-electron chi connectivity index (χ1n) is 10.2. The number of nitrogens with one attached hydrogen (secondary N) is 2. The van der Waals surface area contributed by atoms with Crippen molar-refractivity contribution in [2.24, 2.45) is 0 Å². The minimum absolute atomic E-state index is 0.0538. The van der Waals surface area contributed by atoms with E-state index in [1.54, 1.807) is 18.2 Å². The summed E-state index contributed by atoms with van der Waals surface area (Å²) in [6.45, 7) is 1.68. The molecular weight excluding hydrogens is 400 g/mol. The molecule has 10 nitrogen and oxygen atoms in total. The second-order valence-electron chi connectivity index (χ2n) is 7.58. The van der Waals surface area contributed by atoms with Gasteiger partial charge in [0.25, 0.3) is 0 Å². The third-order valence-electron chi connectivity index (χ3n) is 5.58. The van der Waals surface area contributed by atoms with E-state index in [1.165, 1.54) is 20.6 Å². The molecule has 4 rings (SSSR count). The third kappa shape index (κ3) is 4.18. The highest BCUT2D eigenvalue weighted by Crippen LogP contribution is 2.38. The highest BCUT2D eigenvalue weighted by molar-refractivity contribution is 6.06. The van der Waals surface area contributed by atoms with E-state index >= 15 is 0 Å². The summed E-state index contributed by atoms with van der Waals surface area (Å²) >= 11 is 0. The molecule has 2 amide bonds. The van der Waals surface area contributed by atoms with Gasteiger partial charge in [0.15, 0.2) is 0 Å². The Labute approximate surface area is 180 Å². The van der Waals surface area contributed by atoms with Crippen LogP contribution >= 0.6 is 0 Å². The van der Waals surface area contributed by atoms with Gasteiger partial charge in [-0.05, 0) is 31.4 Å². The summed E-state index contributed by atoms with van der Waals surface area (Å²) in [6, 6.07) is 5.07. The van der Waals surface area contributed by atoms with Crippen molar-refractivity contribution in [3.05, 3.63) is 23.8 Å². The highest BCUT2D eigenvalue weighted by Gasteiger charge is 2.35. The molecule has 2 aliphatic heterocycles. The van der Waals surface area contributed by atoms with E-state index in [0.29, 0.717) is 34.5 Å². The van der Waals surface area contributed by atoms with E-state index in [4.69, 9.17) is 15.2 Å². The first-order chi connectivity index (χ1) is 15.0. The van der Waals surface area contributed by atoms with Gasteiger partial charge >= 0.3 is 0 Å². The first-order valence-corrected chi connectivity index (χ1v) is 10.2. The minimum Gasteiger partial charge on any atom is -0.497 e. The summed E-state index contributed by atoms with van der Waals surface area (Å²) in [5, 5.41) is 5.58. The van der Waals surface area contributed by atoms with Crippen LogP contribution in [0.25, 0.3) is 0 Å². The van der Waals surface area contributed by atoms with Crippen molar-refractivity contribution in [1.29, 1.82) is 0 Å². The van der Waals surface area contributed by atoms with Crippen molar-refractivity contribution in [3.8, 4) is 11.5 Å². The van der Waals surface area contributed by atoms with Gasteiger partial charge < -0.3 is 30.7 Å². The number of carbonyl (C=O) groups excluding carboxylic acids is 2. The van der Waals surface area contributed by atoms with Crippen LogP contribution < -0.4 is 30.7 Å². The number of nitrogens with zero attached hydrogens (tertiary/aromatic N) is 3. The number of nitrogens with two attached hydrogens (primary N) is 1. The van der Waals surface area contributed by atoms with Crippen LogP contribution in [0.5, 0.6) is 11.5 Å². The molecule has 0 unspecified atom stereocenters. The van der Waals surface area contributed by atoms with Crippen LogP contribution in [-0.2, 0) is 9.59 Å². The van der Waals surface area contributed by atoms with Gasteiger partial charge in [0.05, 0.1) is 31.4 Å². The Bertz CT molecular complexity index is 1010. The topological polar surface area (TPSA) is 132 Å². The van der Waals surface area contributed by atoms with Gasteiger partial charge in [0, 0.05) is 25.6 Å². The van der Waals surface area contributed by atoms with Crippen molar-refractivity contribution in [2.45, 2.75) is 31.6 Å². The Kier molecular flexibility index (Phi) is 5.79. The van der Waals surface area contributed by atoms with Gasteiger partial charge in [-0.1, -0.05) is 0 Å². The lowest BCUT2D eigenvalue weighted by Gasteiger charge is -2.30. The van der Waals surface area contributed by atoms with Crippen molar-refractivity contribution in [2.75, 3.05) is 48.6 Å². The number of piperidine rings is 1. The van der Waals surface area contributed by atoms with Gasteiger partial charge in [-0.3, -0.25) is 9.59 Å². The normalized spacial score (nSPS) is 18.1. The summed E-state index contributed by atoms with van der Waals surface area (Å²) in [6.07, 6.45) is 3.23. The van der Waals surface area contributed by atoms with Crippen molar-refractivity contribution < 1.29 is 19.1 Å². The largest absolute Gasteiger partial charge is 0.497 e. The lowest BCUT2D eigenvalue weighted by molar-refractivity contribution is -0.123. The number of hydrogen-bond acceptors (Lipinski definition) is 8. The number of carbonyl (C=O) groups is 2. The SMILES string of the molecule is COc1ccc(OC)c(NC(=O)[C@H]2CC(=O)Nc3nc(N4CCCCC4)nc(N)c32)c1. The maximum Gasteiger partial charge on any atom is 0.232 e. The van der Waals surface area contributed by atoms with Crippen LogP contribution in [0.2, 0.25) is 0 Å². The molecule has 2 aliphatic rings. The fourth-order valence-electron chi connectivity index (χ4n) is 3.97. The number of amides is 2. The van der Waals surface area contributed by atoms with E-state index < -0.39 is 11.8 Å². The molecule has 0 bridgehead atoms. The predicted octanol–water partition coefficient (Wildman–Crippen LogP) is 2.13. The minimum atomic E-state index is -0.824. The Morgan fingerprint density at radius 1 is 1.19 bits per heavy atom. The maximum atomic E-state index is 13.2. The number of rotatable bonds is 5. The third-order valence-corrected chi connectivity index (χ3v) is 5.58. The molecule has 0 radical (unpaired) electrons. The van der Waals surface area contributed by atoms with E-state index in [0.717, 1.165) is 25.9 Å². The Morgan fingerprint density at radius 2 is 1.97 bits per heavy atom. The molecule has 4 N–H and O–H groups in total. The second kappa shape index (κ2) is 8.66. The zero-order valence-corrected chi connectivity index (χ0v) is 17.6. The molecule has 0 saturated carbocycles. The van der Waals surface area contributed by atoms with Gasteiger partial charge in [0.2, 0.25) is 17.8 Å². The maximum absolute atomic E-state index is 13.2. The first kappa shape index (κ1) is 20.7. The van der Waals surface area contributed by atoms with Gasteiger partial charge in [-0.25, -0.2) is 0 Å². The number of aromatic nitrogens is 2. The summed E-state index contributed by atoms with van der Waals surface area (Å²) in [5.41, 5.74) is 7.13. The smallest absolute Gasteiger partial charge is 0.232 e. The highest BCUT2D eigenvalue weighted by atomic mass is 16.5. The number of benzene rings is 1. The lowest BCUT2D eigenvalue weighted by Crippen LogP contribution is -2.35. The summed E-state index contributed by atoms with van der Waals surface area (Å²) < 4.78 is 10.6. The number of hydrogen-bond donors (Lipinski definition) is 3. The number of ether oxygens (including phenoxy) is 2. The fraction of sp³-hybridized carbons (Fsp3) is 0.429. The van der Waals surface area contributed by atoms with Crippen LogP contribution in [0.1, 0.15) is 37.2 Å². The summed E-state index contributed by atoms with van der Waals surface area (Å²) in [7, 11) is 3.04. The molecule has 3 heterocycles. The van der Waals surface area contributed by atoms with E-state index in [-0.39, 0.29) is 18.1 Å². The molecule has 0 aliphatic carbocycles. The molecule has 31 heavy (non-hydrogen) atoms. The molecule has 1 saturated heterocycles. The number of anilines is 4. The van der Waals surface area contributed by atoms with Gasteiger partial charge in [0.1, 0.15) is 23.1 Å². The molecule has 0 spiro atoms. The van der Waals surface area contributed by atoms with Crippen LogP contribution in [-0.4, -0.2) is 49.1 Å². The zero-order valence-electron chi connectivity index (χ0n) is 17.6. The number of methoxy groups -OCH3 is 2. The van der Waals surface area contributed by atoms with Gasteiger partial charge in [-0.15, -0.1) is 0 Å². The fourth-order valence-corrected chi connectivity index (χ4v) is 3.97. The van der Waals surface area contributed by atoms with Crippen molar-refractivity contribution >= 4 is 35.1 Å². The quantitative estimate of drug-likeness (QED) is 0.663. The van der Waals surface area contributed by atoms with E-state index in [2.05, 4.69) is 25.5 Å². The molecule has 2 aromatic rings. The summed E-state index contributed by atoms with van der Waals surface area (Å²) in [4.78, 5) is 36.6. The molecular formula is C21H26N6O4. The molecule has 10 heteroatoms. The molecule has 164 valence electrons. The van der Waals surface area contributed by atoms with Crippen molar-refractivity contribution in [1.82, 2.24) is 9.97 Å². The average Bonchev–Trinajstić information content (AvgIpc) is 2.78. The van der Waals surface area contributed by atoms with Crippen LogP contribution in [0, 0.1) is 0 Å². The van der Waals surface area contributed by atoms with Gasteiger partial charge in [-0.2, -0.15) is 9.97 Å². The second-order valence-corrected chi connectivity index (χ2v) is 7.58. The Balaban J connectivity index is 1.65. The molecule has 1 aromatic heterocycles. The zero-order chi connectivity index (χ0) is 22.0. The molecule has 1 atom stereocenters.